The van der Waals surface area contributed by atoms with Crippen LogP contribution in [0.5, 0.6) is 5.75 Å². The molecule has 0 amide bonds. The number of methoxy groups -OCH3 is 1. The Bertz CT molecular complexity index is 638. The van der Waals surface area contributed by atoms with E-state index in [2.05, 4.69) is 5.10 Å². The van der Waals surface area contributed by atoms with Crippen LogP contribution in [-0.2, 0) is 6.54 Å². The summed E-state index contributed by atoms with van der Waals surface area (Å²) in [6.07, 6.45) is 2.33. The Morgan fingerprint density at radius 1 is 1.40 bits per heavy atom. The molecule has 0 N–H and O–H groups in total. The predicted molar refractivity (Wildman–Crippen MR) is 79.0 cm³/mol. The molecule has 0 saturated heterocycles. The Labute approximate surface area is 127 Å². The lowest BCUT2D eigenvalue weighted by Crippen LogP contribution is -2.13. The van der Waals surface area contributed by atoms with Gasteiger partial charge in [-0.2, -0.15) is 5.10 Å². The zero-order valence-corrected chi connectivity index (χ0v) is 12.7. The van der Waals surface area contributed by atoms with E-state index in [1.54, 1.807) is 22.9 Å². The van der Waals surface area contributed by atoms with Gasteiger partial charge in [0.25, 0.3) is 0 Å². The fraction of sp³-hybridized carbons (Fsp3) is 0.286. The van der Waals surface area contributed by atoms with Gasteiger partial charge in [0.1, 0.15) is 11.4 Å². The molecule has 0 fully saturated rings. The van der Waals surface area contributed by atoms with Crippen molar-refractivity contribution in [1.29, 1.82) is 0 Å². The molecule has 0 unspecified atom stereocenters. The highest BCUT2D eigenvalue weighted by molar-refractivity contribution is 6.35. The minimum Gasteiger partial charge on any atom is -0.496 e. The molecular weight excluding hydrogens is 299 g/mol. The summed E-state index contributed by atoms with van der Waals surface area (Å²) in [7, 11) is 1.50. The van der Waals surface area contributed by atoms with Gasteiger partial charge in [0.05, 0.1) is 23.9 Å². The van der Waals surface area contributed by atoms with Crippen LogP contribution >= 0.6 is 23.2 Å². The monoisotopic (exact) mass is 312 g/mol. The molecule has 0 atom stereocenters. The minimum absolute atomic E-state index is 0.250. The van der Waals surface area contributed by atoms with Crippen molar-refractivity contribution in [2.75, 3.05) is 7.11 Å². The second kappa shape index (κ2) is 6.29. The molecule has 0 saturated carbocycles. The molecule has 20 heavy (non-hydrogen) atoms. The lowest BCUT2D eigenvalue weighted by atomic mass is 10.1. The van der Waals surface area contributed by atoms with Crippen LogP contribution in [0.15, 0.2) is 24.4 Å². The standard InChI is InChI=1S/C14H14Cl2N2O2/c1-3-6-18-13(11(16)8-17-18)14(19)10-7-9(15)4-5-12(10)20-2/h4-5,7-8H,3,6H2,1-2H3. The molecule has 2 aromatic rings. The summed E-state index contributed by atoms with van der Waals surface area (Å²) in [5.41, 5.74) is 0.730. The number of rotatable bonds is 5. The molecule has 0 aliphatic rings. The summed E-state index contributed by atoms with van der Waals surface area (Å²) in [4.78, 5) is 12.7. The Morgan fingerprint density at radius 2 is 2.15 bits per heavy atom. The van der Waals surface area contributed by atoms with E-state index in [1.165, 1.54) is 13.3 Å². The van der Waals surface area contributed by atoms with Gasteiger partial charge in [-0.1, -0.05) is 30.1 Å². The molecule has 1 aromatic carbocycles. The van der Waals surface area contributed by atoms with Crippen LogP contribution in [0.2, 0.25) is 10.0 Å². The van der Waals surface area contributed by atoms with E-state index in [0.29, 0.717) is 33.6 Å². The van der Waals surface area contributed by atoms with Gasteiger partial charge in [0, 0.05) is 11.6 Å². The number of ketones is 1. The Morgan fingerprint density at radius 3 is 2.80 bits per heavy atom. The second-order valence-corrected chi connectivity index (χ2v) is 5.08. The minimum atomic E-state index is -0.250. The van der Waals surface area contributed by atoms with Gasteiger partial charge in [0.15, 0.2) is 0 Å². The van der Waals surface area contributed by atoms with E-state index >= 15 is 0 Å². The number of hydrogen-bond acceptors (Lipinski definition) is 3. The van der Waals surface area contributed by atoms with Gasteiger partial charge in [-0.25, -0.2) is 0 Å². The van der Waals surface area contributed by atoms with Crippen LogP contribution in [0.25, 0.3) is 0 Å². The van der Waals surface area contributed by atoms with Crippen molar-refractivity contribution in [2.24, 2.45) is 0 Å². The molecule has 106 valence electrons. The molecule has 0 radical (unpaired) electrons. The number of halogens is 2. The molecular formula is C14H14Cl2N2O2. The Kier molecular flexibility index (Phi) is 4.68. The van der Waals surface area contributed by atoms with Crippen LogP contribution in [0.1, 0.15) is 29.4 Å². The number of carbonyl (C=O) groups is 1. The molecule has 2 rings (SSSR count). The zero-order valence-electron chi connectivity index (χ0n) is 11.2. The predicted octanol–water partition coefficient (Wildman–Crippen LogP) is 3.84. The largest absolute Gasteiger partial charge is 0.496 e. The van der Waals surface area contributed by atoms with E-state index in [1.807, 2.05) is 6.92 Å². The fourth-order valence-corrected chi connectivity index (χ4v) is 2.35. The smallest absolute Gasteiger partial charge is 0.216 e. The molecule has 1 heterocycles. The summed E-state index contributed by atoms with van der Waals surface area (Å²) >= 11 is 12.0. The van der Waals surface area contributed by atoms with E-state index in [9.17, 15) is 4.79 Å². The lowest BCUT2D eigenvalue weighted by molar-refractivity contribution is 0.102. The van der Waals surface area contributed by atoms with Gasteiger partial charge in [-0.05, 0) is 24.6 Å². The van der Waals surface area contributed by atoms with E-state index in [-0.39, 0.29) is 5.78 Å². The normalized spacial score (nSPS) is 10.6. The summed E-state index contributed by atoms with van der Waals surface area (Å²) in [6.45, 7) is 2.63. The van der Waals surface area contributed by atoms with Crippen LogP contribution in [0.3, 0.4) is 0 Å². The zero-order chi connectivity index (χ0) is 14.7. The SMILES string of the molecule is CCCn1ncc(Cl)c1C(=O)c1cc(Cl)ccc1OC. The number of ether oxygens (including phenoxy) is 1. The van der Waals surface area contributed by atoms with Crippen LogP contribution < -0.4 is 4.74 Å². The number of carbonyl (C=O) groups excluding carboxylic acids is 1. The van der Waals surface area contributed by atoms with E-state index in [0.717, 1.165) is 6.42 Å². The number of nitrogens with zero attached hydrogens (tertiary/aromatic N) is 2. The highest BCUT2D eigenvalue weighted by atomic mass is 35.5. The molecule has 6 heteroatoms. The number of hydrogen-bond donors (Lipinski definition) is 0. The summed E-state index contributed by atoms with van der Waals surface area (Å²) in [5, 5.41) is 4.91. The van der Waals surface area contributed by atoms with Gasteiger partial charge in [-0.3, -0.25) is 9.48 Å². The van der Waals surface area contributed by atoms with Gasteiger partial charge in [0.2, 0.25) is 5.78 Å². The first-order valence-electron chi connectivity index (χ1n) is 6.18. The van der Waals surface area contributed by atoms with Crippen LogP contribution in [0.4, 0.5) is 0 Å². The number of aromatic nitrogens is 2. The second-order valence-electron chi connectivity index (χ2n) is 4.24. The Hall–Kier alpha value is -1.52. The Balaban J connectivity index is 2.51. The highest BCUT2D eigenvalue weighted by Gasteiger charge is 2.22. The quantitative estimate of drug-likeness (QED) is 0.788. The third kappa shape index (κ3) is 2.81. The summed E-state index contributed by atoms with van der Waals surface area (Å²) in [6, 6.07) is 4.90. The van der Waals surface area contributed by atoms with E-state index < -0.39 is 0 Å². The van der Waals surface area contributed by atoms with Crippen molar-refractivity contribution < 1.29 is 9.53 Å². The fourth-order valence-electron chi connectivity index (χ4n) is 1.95. The van der Waals surface area contributed by atoms with Crippen molar-refractivity contribution in [3.05, 3.63) is 45.7 Å². The molecule has 4 nitrogen and oxygen atoms in total. The molecule has 0 aliphatic heterocycles. The first kappa shape index (κ1) is 14.9. The maximum absolute atomic E-state index is 12.7. The third-order valence-corrected chi connectivity index (χ3v) is 3.36. The van der Waals surface area contributed by atoms with Crippen molar-refractivity contribution in [1.82, 2.24) is 9.78 Å². The van der Waals surface area contributed by atoms with Crippen molar-refractivity contribution >= 4 is 29.0 Å². The highest BCUT2D eigenvalue weighted by Crippen LogP contribution is 2.27. The van der Waals surface area contributed by atoms with Gasteiger partial charge in [-0.15, -0.1) is 0 Å². The molecule has 0 spiro atoms. The number of benzene rings is 1. The molecule has 0 bridgehead atoms. The van der Waals surface area contributed by atoms with Crippen molar-refractivity contribution in [2.45, 2.75) is 19.9 Å². The van der Waals surface area contributed by atoms with Crippen LogP contribution in [-0.4, -0.2) is 22.7 Å². The lowest BCUT2D eigenvalue weighted by Gasteiger charge is -2.10. The summed E-state index contributed by atoms with van der Waals surface area (Å²) < 4.78 is 6.81. The van der Waals surface area contributed by atoms with Crippen molar-refractivity contribution in [3.63, 3.8) is 0 Å². The third-order valence-electron chi connectivity index (χ3n) is 2.85. The van der Waals surface area contributed by atoms with Gasteiger partial charge < -0.3 is 4.74 Å². The number of aryl methyl sites for hydroxylation is 1. The average Bonchev–Trinajstić information content (AvgIpc) is 2.79. The van der Waals surface area contributed by atoms with E-state index in [4.69, 9.17) is 27.9 Å². The maximum Gasteiger partial charge on any atom is 0.216 e. The van der Waals surface area contributed by atoms with Crippen LogP contribution in [0, 0.1) is 0 Å². The maximum atomic E-state index is 12.7. The first-order chi connectivity index (χ1) is 9.58. The topological polar surface area (TPSA) is 44.1 Å². The average molecular weight is 313 g/mol. The molecule has 1 aromatic heterocycles. The van der Waals surface area contributed by atoms with Crippen molar-refractivity contribution in [3.8, 4) is 5.75 Å². The molecule has 0 aliphatic carbocycles. The summed E-state index contributed by atoms with van der Waals surface area (Å²) in [5.74, 6) is 0.208. The van der Waals surface area contributed by atoms with Gasteiger partial charge >= 0.3 is 0 Å². The first-order valence-corrected chi connectivity index (χ1v) is 6.93.